The second-order valence-electron chi connectivity index (χ2n) is 3.91. The lowest BCUT2D eigenvalue weighted by molar-refractivity contribution is 0.00255. The van der Waals surface area contributed by atoms with Crippen LogP contribution in [0.1, 0.15) is 27.7 Å². The third kappa shape index (κ3) is 4.12. The van der Waals surface area contributed by atoms with Gasteiger partial charge in [-0.3, -0.25) is 5.73 Å². The van der Waals surface area contributed by atoms with Crippen LogP contribution in [0.4, 0.5) is 4.79 Å². The Labute approximate surface area is 79.1 Å². The van der Waals surface area contributed by atoms with E-state index in [0.717, 1.165) is 0 Å². The highest BCUT2D eigenvalue weighted by atomic mass is 16.7. The van der Waals surface area contributed by atoms with Crippen LogP contribution in [0.5, 0.6) is 0 Å². The average Bonchev–Trinajstić information content (AvgIpc) is 1.81. The normalized spacial score (nSPS) is 13.8. The Morgan fingerprint density at radius 3 is 1.85 bits per heavy atom. The van der Waals surface area contributed by atoms with Crippen LogP contribution in [-0.4, -0.2) is 17.5 Å². The van der Waals surface area contributed by atoms with E-state index in [4.69, 9.17) is 10.8 Å². The molecule has 0 rings (SSSR count). The molecule has 0 heterocycles. The smallest absolute Gasteiger partial charge is 0.450 e. The zero-order chi connectivity index (χ0) is 10.6. The third-order valence-electron chi connectivity index (χ3n) is 2.16. The van der Waals surface area contributed by atoms with Crippen LogP contribution >= 0.6 is 0 Å². The highest BCUT2D eigenvalue weighted by Gasteiger charge is 2.27. The molecule has 0 amide bonds. The van der Waals surface area contributed by atoms with Crippen molar-refractivity contribution < 1.29 is 14.6 Å². The maximum absolute atomic E-state index is 10.3. The zero-order valence-corrected chi connectivity index (χ0v) is 8.65. The van der Waals surface area contributed by atoms with Crippen LogP contribution in [0.3, 0.4) is 0 Å². The molecule has 4 nitrogen and oxygen atoms in total. The summed E-state index contributed by atoms with van der Waals surface area (Å²) in [4.78, 5) is 10.3. The second kappa shape index (κ2) is 5.07. The first kappa shape index (κ1) is 12.2. The monoisotopic (exact) mass is 189 g/mol. The molecular formula is C9H19NO3. The number of carbonyl (C=O) groups is 1. The van der Waals surface area contributed by atoms with Gasteiger partial charge in [0.15, 0.2) is 6.23 Å². The first-order chi connectivity index (χ1) is 5.86. The molecule has 0 aromatic rings. The van der Waals surface area contributed by atoms with Crippen LogP contribution in [-0.2, 0) is 4.74 Å². The molecular weight excluding hydrogens is 170 g/mol. The molecule has 3 N–H and O–H groups in total. The van der Waals surface area contributed by atoms with Gasteiger partial charge in [0.25, 0.3) is 0 Å². The fourth-order valence-electron chi connectivity index (χ4n) is 1.72. The van der Waals surface area contributed by atoms with Crippen molar-refractivity contribution in [2.45, 2.75) is 33.9 Å². The lowest BCUT2D eigenvalue weighted by atomic mass is 9.84. The first-order valence-electron chi connectivity index (χ1n) is 4.51. The first-order valence-corrected chi connectivity index (χ1v) is 4.51. The zero-order valence-electron chi connectivity index (χ0n) is 8.65. The lowest BCUT2D eigenvalue weighted by Gasteiger charge is -2.29. The summed E-state index contributed by atoms with van der Waals surface area (Å²) in [6.07, 6.45) is -2.03. The Bertz CT molecular complexity index is 160. The van der Waals surface area contributed by atoms with Crippen molar-refractivity contribution in [3.05, 3.63) is 0 Å². The summed E-state index contributed by atoms with van der Waals surface area (Å²) >= 11 is 0. The summed E-state index contributed by atoms with van der Waals surface area (Å²) in [6, 6.07) is 0. The summed E-state index contributed by atoms with van der Waals surface area (Å²) in [5.74, 6) is 0.694. The molecule has 0 saturated carbocycles. The number of rotatable bonds is 4. The van der Waals surface area contributed by atoms with E-state index in [2.05, 4.69) is 4.74 Å². The molecule has 4 heteroatoms. The standard InChI is InChI=1S/C9H19NO3/c1-5(2)7(6(3)4)8(10)13-9(11)12/h5-8H,10H2,1-4H3,(H,11,12). The number of hydrogen-bond acceptors (Lipinski definition) is 3. The van der Waals surface area contributed by atoms with Crippen LogP contribution < -0.4 is 5.73 Å². The van der Waals surface area contributed by atoms with Crippen molar-refractivity contribution in [2.24, 2.45) is 23.5 Å². The summed E-state index contributed by atoms with van der Waals surface area (Å²) in [5.41, 5.74) is 5.62. The van der Waals surface area contributed by atoms with E-state index in [1.807, 2.05) is 27.7 Å². The van der Waals surface area contributed by atoms with Crippen LogP contribution in [0.25, 0.3) is 0 Å². The fraction of sp³-hybridized carbons (Fsp3) is 0.889. The maximum Gasteiger partial charge on any atom is 0.507 e. The van der Waals surface area contributed by atoms with Crippen molar-refractivity contribution >= 4 is 6.16 Å². The Hall–Kier alpha value is -0.770. The van der Waals surface area contributed by atoms with Gasteiger partial charge in [-0.15, -0.1) is 0 Å². The Morgan fingerprint density at radius 2 is 1.62 bits per heavy atom. The van der Waals surface area contributed by atoms with Crippen molar-refractivity contribution in [3.63, 3.8) is 0 Å². The van der Waals surface area contributed by atoms with Gasteiger partial charge in [0, 0.05) is 5.92 Å². The molecule has 0 spiro atoms. The van der Waals surface area contributed by atoms with Crippen LogP contribution in [0, 0.1) is 17.8 Å². The van der Waals surface area contributed by atoms with Gasteiger partial charge in [-0.2, -0.15) is 0 Å². The van der Waals surface area contributed by atoms with E-state index in [1.54, 1.807) is 0 Å². The van der Waals surface area contributed by atoms with Gasteiger partial charge in [-0.1, -0.05) is 27.7 Å². The van der Waals surface area contributed by atoms with E-state index in [-0.39, 0.29) is 5.92 Å². The van der Waals surface area contributed by atoms with Crippen molar-refractivity contribution in [3.8, 4) is 0 Å². The molecule has 1 unspecified atom stereocenters. The summed E-state index contributed by atoms with van der Waals surface area (Å²) in [5, 5.41) is 8.39. The molecule has 0 fully saturated rings. The summed E-state index contributed by atoms with van der Waals surface area (Å²) in [6.45, 7) is 8.04. The lowest BCUT2D eigenvalue weighted by Crippen LogP contribution is -2.40. The van der Waals surface area contributed by atoms with Gasteiger partial charge in [0.2, 0.25) is 0 Å². The number of carboxylic acid groups (broad SMARTS) is 1. The van der Waals surface area contributed by atoms with E-state index < -0.39 is 12.4 Å². The average molecular weight is 189 g/mol. The van der Waals surface area contributed by atoms with E-state index in [0.29, 0.717) is 11.8 Å². The predicted molar refractivity (Wildman–Crippen MR) is 50.3 cm³/mol. The van der Waals surface area contributed by atoms with E-state index in [9.17, 15) is 4.79 Å². The molecule has 0 radical (unpaired) electrons. The van der Waals surface area contributed by atoms with E-state index >= 15 is 0 Å². The molecule has 0 aliphatic carbocycles. The van der Waals surface area contributed by atoms with Crippen LogP contribution in [0.15, 0.2) is 0 Å². The fourth-order valence-corrected chi connectivity index (χ4v) is 1.72. The summed E-state index contributed by atoms with van der Waals surface area (Å²) in [7, 11) is 0. The highest BCUT2D eigenvalue weighted by molar-refractivity contribution is 5.57. The van der Waals surface area contributed by atoms with Gasteiger partial charge in [0.05, 0.1) is 0 Å². The minimum Gasteiger partial charge on any atom is -0.450 e. The topological polar surface area (TPSA) is 72.5 Å². The van der Waals surface area contributed by atoms with Crippen molar-refractivity contribution in [1.82, 2.24) is 0 Å². The van der Waals surface area contributed by atoms with Gasteiger partial charge >= 0.3 is 6.16 Å². The summed E-state index contributed by atoms with van der Waals surface area (Å²) < 4.78 is 4.53. The molecule has 0 aromatic heterocycles. The van der Waals surface area contributed by atoms with Gasteiger partial charge in [-0.05, 0) is 11.8 Å². The number of nitrogens with two attached hydrogens (primary N) is 1. The molecule has 0 aliphatic rings. The minimum atomic E-state index is -1.31. The molecule has 0 saturated heterocycles. The SMILES string of the molecule is CC(C)C(C(C)C)C(N)OC(=O)O. The van der Waals surface area contributed by atoms with E-state index in [1.165, 1.54) is 0 Å². The maximum atomic E-state index is 10.3. The van der Waals surface area contributed by atoms with Gasteiger partial charge in [-0.25, -0.2) is 4.79 Å². The quantitative estimate of drug-likeness (QED) is 0.523. The molecule has 13 heavy (non-hydrogen) atoms. The Balaban J connectivity index is 4.28. The highest BCUT2D eigenvalue weighted by Crippen LogP contribution is 2.23. The van der Waals surface area contributed by atoms with Crippen molar-refractivity contribution in [2.75, 3.05) is 0 Å². The second-order valence-corrected chi connectivity index (χ2v) is 3.91. The Kier molecular flexibility index (Phi) is 4.77. The molecule has 78 valence electrons. The van der Waals surface area contributed by atoms with Crippen molar-refractivity contribution in [1.29, 1.82) is 0 Å². The van der Waals surface area contributed by atoms with Gasteiger partial charge < -0.3 is 9.84 Å². The predicted octanol–water partition coefficient (Wildman–Crippen LogP) is 1.89. The molecule has 0 bridgehead atoms. The Morgan fingerprint density at radius 1 is 1.23 bits per heavy atom. The van der Waals surface area contributed by atoms with Crippen LogP contribution in [0.2, 0.25) is 0 Å². The molecule has 0 aliphatic heterocycles. The molecule has 0 aromatic carbocycles. The largest absolute Gasteiger partial charge is 0.507 e. The molecule has 1 atom stereocenters. The number of hydrogen-bond donors (Lipinski definition) is 2. The third-order valence-corrected chi connectivity index (χ3v) is 2.16. The van der Waals surface area contributed by atoms with Gasteiger partial charge in [0.1, 0.15) is 0 Å². The number of ether oxygens (including phenoxy) is 1. The minimum absolute atomic E-state index is 0.0658.